The molecule has 1 unspecified atom stereocenters. The average Bonchev–Trinajstić information content (AvgIpc) is 3.25. The molecule has 4 nitrogen and oxygen atoms in total. The molecule has 4 heteroatoms. The maximum absolute atomic E-state index is 12.8. The van der Waals surface area contributed by atoms with Crippen molar-refractivity contribution >= 4 is 22.6 Å². The zero-order valence-electron chi connectivity index (χ0n) is 13.9. The van der Waals surface area contributed by atoms with Crippen LogP contribution in [0.25, 0.3) is 11.0 Å². The molecule has 122 valence electrons. The molecule has 24 heavy (non-hydrogen) atoms. The van der Waals surface area contributed by atoms with E-state index in [-0.39, 0.29) is 11.9 Å². The number of carbonyl (C=O) groups is 1. The highest BCUT2D eigenvalue weighted by molar-refractivity contribution is 5.95. The van der Waals surface area contributed by atoms with E-state index in [9.17, 15) is 4.79 Å². The third-order valence-electron chi connectivity index (χ3n) is 4.82. The Morgan fingerprint density at radius 1 is 1.21 bits per heavy atom. The summed E-state index contributed by atoms with van der Waals surface area (Å²) in [7, 11) is 1.83. The fraction of sp³-hybridized carbons (Fsp3) is 0.250. The predicted molar refractivity (Wildman–Crippen MR) is 95.4 cm³/mol. The second-order valence-electron chi connectivity index (χ2n) is 6.33. The number of hydrogen-bond acceptors (Lipinski definition) is 3. The summed E-state index contributed by atoms with van der Waals surface area (Å²) in [6.45, 7) is 2.93. The molecule has 0 aliphatic carbocycles. The van der Waals surface area contributed by atoms with Gasteiger partial charge in [0.1, 0.15) is 11.3 Å². The SMILES string of the molecule is CC(c1cc2ccccc2o1)N(C)C(=O)c1ccc2c(c1)CCN2. The molecule has 0 radical (unpaired) electrons. The Morgan fingerprint density at radius 2 is 2.04 bits per heavy atom. The second-order valence-corrected chi connectivity index (χ2v) is 6.33. The third-order valence-corrected chi connectivity index (χ3v) is 4.82. The molecule has 1 aliphatic rings. The average molecular weight is 320 g/mol. The summed E-state index contributed by atoms with van der Waals surface area (Å²) in [4.78, 5) is 14.6. The third kappa shape index (κ3) is 2.44. The lowest BCUT2D eigenvalue weighted by atomic mass is 10.1. The van der Waals surface area contributed by atoms with Crippen LogP contribution in [0.15, 0.2) is 52.9 Å². The molecule has 2 aromatic carbocycles. The van der Waals surface area contributed by atoms with E-state index in [1.165, 1.54) is 5.56 Å². The Morgan fingerprint density at radius 3 is 2.88 bits per heavy atom. The quantitative estimate of drug-likeness (QED) is 0.785. The lowest BCUT2D eigenvalue weighted by Gasteiger charge is -2.23. The number of nitrogens with zero attached hydrogens (tertiary/aromatic N) is 1. The minimum atomic E-state index is -0.128. The smallest absolute Gasteiger partial charge is 0.254 e. The molecule has 0 saturated carbocycles. The number of anilines is 1. The Bertz CT molecular complexity index is 880. The summed E-state index contributed by atoms with van der Waals surface area (Å²) in [5, 5.41) is 4.38. The van der Waals surface area contributed by atoms with Gasteiger partial charge in [-0.05, 0) is 49.2 Å². The van der Waals surface area contributed by atoms with Crippen LogP contribution in [0.5, 0.6) is 0 Å². The molecule has 0 spiro atoms. The number of benzene rings is 2. The minimum absolute atomic E-state index is 0.0117. The van der Waals surface area contributed by atoms with Gasteiger partial charge in [0.05, 0.1) is 6.04 Å². The molecule has 1 N–H and O–H groups in total. The van der Waals surface area contributed by atoms with Gasteiger partial charge in [-0.15, -0.1) is 0 Å². The summed E-state index contributed by atoms with van der Waals surface area (Å²) < 4.78 is 5.91. The van der Waals surface area contributed by atoms with E-state index in [0.717, 1.165) is 40.9 Å². The molecule has 3 aromatic rings. The van der Waals surface area contributed by atoms with E-state index >= 15 is 0 Å². The molecule has 0 saturated heterocycles. The zero-order valence-corrected chi connectivity index (χ0v) is 13.9. The van der Waals surface area contributed by atoms with E-state index in [4.69, 9.17) is 4.42 Å². The summed E-state index contributed by atoms with van der Waals surface area (Å²) >= 11 is 0. The first-order valence-electron chi connectivity index (χ1n) is 8.26. The van der Waals surface area contributed by atoms with Crippen LogP contribution in [-0.2, 0) is 6.42 Å². The monoisotopic (exact) mass is 320 g/mol. The van der Waals surface area contributed by atoms with E-state index in [2.05, 4.69) is 5.32 Å². The topological polar surface area (TPSA) is 45.5 Å². The van der Waals surface area contributed by atoms with E-state index < -0.39 is 0 Å². The lowest BCUT2D eigenvalue weighted by molar-refractivity contribution is 0.0727. The minimum Gasteiger partial charge on any atom is -0.459 e. The van der Waals surface area contributed by atoms with Crippen molar-refractivity contribution in [3.63, 3.8) is 0 Å². The standard InChI is InChI=1S/C20H20N2O2/c1-13(19-12-15-5-3-4-6-18(15)24-19)22(2)20(23)16-7-8-17-14(11-16)9-10-21-17/h3-8,11-13,21H,9-10H2,1-2H3. The first kappa shape index (κ1) is 14.8. The second kappa shape index (κ2) is 5.71. The van der Waals surface area contributed by atoms with Crippen LogP contribution in [0.4, 0.5) is 5.69 Å². The largest absolute Gasteiger partial charge is 0.459 e. The van der Waals surface area contributed by atoms with Crippen LogP contribution in [0.3, 0.4) is 0 Å². The number of nitrogens with one attached hydrogen (secondary N) is 1. The van der Waals surface area contributed by atoms with Crippen molar-refractivity contribution < 1.29 is 9.21 Å². The molecule has 1 atom stereocenters. The lowest BCUT2D eigenvalue weighted by Crippen LogP contribution is -2.29. The number of para-hydroxylation sites is 1. The Kier molecular flexibility index (Phi) is 3.53. The summed E-state index contributed by atoms with van der Waals surface area (Å²) in [6.07, 6.45) is 0.972. The van der Waals surface area contributed by atoms with Gasteiger partial charge in [0.15, 0.2) is 0 Å². The van der Waals surface area contributed by atoms with Gasteiger partial charge in [-0.2, -0.15) is 0 Å². The number of carbonyl (C=O) groups excluding carboxylic acids is 1. The molecule has 4 rings (SSSR count). The van der Waals surface area contributed by atoms with Crippen molar-refractivity contribution in [1.82, 2.24) is 4.90 Å². The molecule has 0 bridgehead atoms. The number of rotatable bonds is 3. The van der Waals surface area contributed by atoms with Gasteiger partial charge in [0.2, 0.25) is 0 Å². The number of fused-ring (bicyclic) bond motifs is 2. The summed E-state index contributed by atoms with van der Waals surface area (Å²) in [5.74, 6) is 0.813. The fourth-order valence-electron chi connectivity index (χ4n) is 3.22. The first-order chi connectivity index (χ1) is 11.6. The predicted octanol–water partition coefficient (Wildman–Crippen LogP) is 4.23. The van der Waals surface area contributed by atoms with Gasteiger partial charge in [-0.3, -0.25) is 4.79 Å². The maximum Gasteiger partial charge on any atom is 0.254 e. The van der Waals surface area contributed by atoms with Gasteiger partial charge in [-0.1, -0.05) is 18.2 Å². The Hall–Kier alpha value is -2.75. The molecule has 2 heterocycles. The van der Waals surface area contributed by atoms with Crippen LogP contribution in [0.2, 0.25) is 0 Å². The van der Waals surface area contributed by atoms with Crippen molar-refractivity contribution in [1.29, 1.82) is 0 Å². The Balaban J connectivity index is 1.59. The van der Waals surface area contributed by atoms with Crippen LogP contribution in [-0.4, -0.2) is 24.4 Å². The summed E-state index contributed by atoms with van der Waals surface area (Å²) in [5.41, 5.74) is 3.93. The van der Waals surface area contributed by atoms with Gasteiger partial charge < -0.3 is 14.6 Å². The van der Waals surface area contributed by atoms with Gasteiger partial charge in [0.25, 0.3) is 5.91 Å². The highest BCUT2D eigenvalue weighted by Gasteiger charge is 2.23. The van der Waals surface area contributed by atoms with Crippen molar-refractivity contribution in [2.45, 2.75) is 19.4 Å². The van der Waals surface area contributed by atoms with Crippen molar-refractivity contribution in [2.75, 3.05) is 18.9 Å². The highest BCUT2D eigenvalue weighted by atomic mass is 16.3. The van der Waals surface area contributed by atoms with Crippen LogP contribution >= 0.6 is 0 Å². The van der Waals surface area contributed by atoms with Crippen molar-refractivity contribution in [3.8, 4) is 0 Å². The fourth-order valence-corrected chi connectivity index (χ4v) is 3.22. The van der Waals surface area contributed by atoms with Gasteiger partial charge >= 0.3 is 0 Å². The molecule has 1 aliphatic heterocycles. The van der Waals surface area contributed by atoms with Crippen LogP contribution in [0.1, 0.15) is 34.6 Å². The zero-order chi connectivity index (χ0) is 16.7. The normalized spacial score (nSPS) is 14.2. The van der Waals surface area contributed by atoms with Gasteiger partial charge in [-0.25, -0.2) is 0 Å². The molecule has 0 fully saturated rings. The molecular weight excluding hydrogens is 300 g/mol. The van der Waals surface area contributed by atoms with Crippen molar-refractivity contribution in [2.24, 2.45) is 0 Å². The van der Waals surface area contributed by atoms with Crippen LogP contribution in [0, 0.1) is 0 Å². The first-order valence-corrected chi connectivity index (χ1v) is 8.26. The van der Waals surface area contributed by atoms with Crippen molar-refractivity contribution in [3.05, 3.63) is 65.4 Å². The number of furan rings is 1. The van der Waals surface area contributed by atoms with E-state index in [1.807, 2.05) is 62.5 Å². The van der Waals surface area contributed by atoms with E-state index in [1.54, 1.807) is 4.90 Å². The number of amides is 1. The Labute approximate surface area is 141 Å². The van der Waals surface area contributed by atoms with Gasteiger partial charge in [0, 0.05) is 30.2 Å². The molecular formula is C20H20N2O2. The highest BCUT2D eigenvalue weighted by Crippen LogP contribution is 2.29. The number of hydrogen-bond donors (Lipinski definition) is 1. The van der Waals surface area contributed by atoms with E-state index in [0.29, 0.717) is 0 Å². The molecule has 1 amide bonds. The maximum atomic E-state index is 12.8. The summed E-state index contributed by atoms with van der Waals surface area (Å²) in [6, 6.07) is 15.7. The van der Waals surface area contributed by atoms with Crippen LogP contribution < -0.4 is 5.32 Å². The molecule has 1 aromatic heterocycles.